The average molecular weight is 343 g/mol. The summed E-state index contributed by atoms with van der Waals surface area (Å²) in [5, 5.41) is 12.8. The van der Waals surface area contributed by atoms with Crippen LogP contribution in [0.1, 0.15) is 5.56 Å². The van der Waals surface area contributed by atoms with Crippen LogP contribution in [0.4, 0.5) is 11.5 Å². The Morgan fingerprint density at radius 3 is 2.78 bits per heavy atom. The van der Waals surface area contributed by atoms with E-state index < -0.39 is 0 Å². The highest BCUT2D eigenvalue weighted by Crippen LogP contribution is 2.32. The normalized spacial score (nSPS) is 9.89. The van der Waals surface area contributed by atoms with Gasteiger partial charge in [0.2, 0.25) is 0 Å². The Kier molecular flexibility index (Phi) is 4.07. The second-order valence-corrected chi connectivity index (χ2v) is 4.99. The molecule has 90 valence electrons. The largest absolute Gasteiger partial charge is 0.339 e. The summed E-state index contributed by atoms with van der Waals surface area (Å²) in [6.45, 7) is 0. The van der Waals surface area contributed by atoms with Gasteiger partial charge in [0.1, 0.15) is 11.0 Å². The highest BCUT2D eigenvalue weighted by molar-refractivity contribution is 9.10. The highest BCUT2D eigenvalue weighted by atomic mass is 79.9. The summed E-state index contributed by atoms with van der Waals surface area (Å²) in [7, 11) is 0. The van der Waals surface area contributed by atoms with E-state index in [1.807, 2.05) is 18.2 Å². The molecule has 0 aliphatic rings. The molecule has 0 bridgehead atoms. The fourth-order valence-electron chi connectivity index (χ4n) is 1.36. The molecule has 0 spiro atoms. The molecule has 1 N–H and O–H groups in total. The van der Waals surface area contributed by atoms with Crippen LogP contribution >= 0.6 is 39.1 Å². The quantitative estimate of drug-likeness (QED) is 0.800. The molecule has 0 unspecified atom stereocenters. The van der Waals surface area contributed by atoms with Crippen LogP contribution in [0, 0.1) is 11.3 Å². The molecule has 18 heavy (non-hydrogen) atoms. The van der Waals surface area contributed by atoms with Gasteiger partial charge in [-0.2, -0.15) is 5.26 Å². The predicted octanol–water partition coefficient (Wildman–Crippen LogP) is 4.77. The molecule has 0 atom stereocenters. The molecule has 0 aliphatic heterocycles. The van der Waals surface area contributed by atoms with Gasteiger partial charge in [-0.15, -0.1) is 0 Å². The zero-order chi connectivity index (χ0) is 13.1. The molecule has 2 aromatic rings. The Hall–Kier alpha value is -1.28. The van der Waals surface area contributed by atoms with Crippen molar-refractivity contribution in [2.45, 2.75) is 0 Å². The molecule has 0 aliphatic carbocycles. The first-order valence-electron chi connectivity index (χ1n) is 4.89. The fourth-order valence-corrected chi connectivity index (χ4v) is 2.11. The minimum atomic E-state index is 0.259. The van der Waals surface area contributed by atoms with Crippen molar-refractivity contribution in [3.8, 4) is 6.07 Å². The Morgan fingerprint density at radius 2 is 2.06 bits per heavy atom. The van der Waals surface area contributed by atoms with Gasteiger partial charge in [-0.3, -0.25) is 0 Å². The predicted molar refractivity (Wildman–Crippen MR) is 76.4 cm³/mol. The lowest BCUT2D eigenvalue weighted by atomic mass is 10.2. The van der Waals surface area contributed by atoms with E-state index in [1.54, 1.807) is 12.1 Å². The van der Waals surface area contributed by atoms with Crippen molar-refractivity contribution in [3.05, 3.63) is 50.5 Å². The van der Waals surface area contributed by atoms with Crippen molar-refractivity contribution in [1.29, 1.82) is 5.26 Å². The number of nitriles is 1. The minimum Gasteiger partial charge on any atom is -0.339 e. The number of rotatable bonds is 2. The van der Waals surface area contributed by atoms with Gasteiger partial charge in [-0.1, -0.05) is 29.3 Å². The number of nitrogens with zero attached hydrogens (tertiary/aromatic N) is 2. The first-order chi connectivity index (χ1) is 8.60. The van der Waals surface area contributed by atoms with Gasteiger partial charge < -0.3 is 5.32 Å². The Labute approximate surface area is 122 Å². The summed E-state index contributed by atoms with van der Waals surface area (Å²) in [5.41, 5.74) is 1.19. The van der Waals surface area contributed by atoms with Crippen molar-refractivity contribution in [3.63, 3.8) is 0 Å². The topological polar surface area (TPSA) is 48.7 Å². The summed E-state index contributed by atoms with van der Waals surface area (Å²) < 4.78 is 0.729. The maximum Gasteiger partial charge on any atom is 0.133 e. The molecule has 6 heteroatoms. The maximum absolute atomic E-state index is 8.86. The van der Waals surface area contributed by atoms with E-state index in [9.17, 15) is 0 Å². The fraction of sp³-hybridized carbons (Fsp3) is 0. The van der Waals surface area contributed by atoms with Crippen molar-refractivity contribution >= 4 is 50.6 Å². The smallest absolute Gasteiger partial charge is 0.133 e. The highest BCUT2D eigenvalue weighted by Gasteiger charge is 2.06. The Bertz CT molecular complexity index is 638. The third-order valence-corrected chi connectivity index (χ3v) is 3.73. The number of hydrogen-bond acceptors (Lipinski definition) is 3. The standard InChI is InChI=1S/C12H6BrCl2N3/c13-12-8(14)2-1-3-9(12)17-11-5-7(6-16)4-10(15)18-11/h1-5H,(H,17,18). The molecule has 0 saturated heterocycles. The lowest BCUT2D eigenvalue weighted by Crippen LogP contribution is -1.95. The third kappa shape index (κ3) is 2.94. The number of anilines is 2. The van der Waals surface area contributed by atoms with Gasteiger partial charge >= 0.3 is 0 Å². The van der Waals surface area contributed by atoms with Gasteiger partial charge in [-0.05, 0) is 40.2 Å². The minimum absolute atomic E-state index is 0.259. The van der Waals surface area contributed by atoms with E-state index in [0.717, 1.165) is 10.2 Å². The van der Waals surface area contributed by atoms with E-state index in [2.05, 4.69) is 26.2 Å². The third-order valence-electron chi connectivity index (χ3n) is 2.14. The van der Waals surface area contributed by atoms with E-state index in [1.165, 1.54) is 6.07 Å². The lowest BCUT2D eigenvalue weighted by molar-refractivity contribution is 1.29. The van der Waals surface area contributed by atoms with Gasteiger partial charge in [0.15, 0.2) is 0 Å². The summed E-state index contributed by atoms with van der Waals surface area (Å²) >= 11 is 15.2. The first kappa shape index (κ1) is 13.2. The molecule has 0 fully saturated rings. The maximum atomic E-state index is 8.86. The number of benzene rings is 1. The number of nitrogens with one attached hydrogen (secondary N) is 1. The molecule has 1 aromatic heterocycles. The summed E-state index contributed by atoms with van der Waals surface area (Å²) in [6, 6.07) is 10.5. The Balaban J connectivity index is 2.37. The monoisotopic (exact) mass is 341 g/mol. The molecule has 0 radical (unpaired) electrons. The van der Waals surface area contributed by atoms with Gasteiger partial charge in [0.25, 0.3) is 0 Å². The van der Waals surface area contributed by atoms with E-state index in [4.69, 9.17) is 28.5 Å². The van der Waals surface area contributed by atoms with Gasteiger partial charge in [-0.25, -0.2) is 4.98 Å². The van der Waals surface area contributed by atoms with Crippen LogP contribution in [0.5, 0.6) is 0 Å². The molecule has 0 amide bonds. The first-order valence-corrected chi connectivity index (χ1v) is 6.44. The second-order valence-electron chi connectivity index (χ2n) is 3.40. The molecule has 1 heterocycles. The number of halogens is 3. The van der Waals surface area contributed by atoms with Crippen LogP contribution in [0.2, 0.25) is 10.2 Å². The van der Waals surface area contributed by atoms with Gasteiger partial charge in [0.05, 0.1) is 26.8 Å². The summed E-state index contributed by atoms with van der Waals surface area (Å²) in [5.74, 6) is 0.488. The zero-order valence-corrected chi connectivity index (χ0v) is 12.0. The van der Waals surface area contributed by atoms with Crippen LogP contribution in [-0.4, -0.2) is 4.98 Å². The van der Waals surface area contributed by atoms with Crippen molar-refractivity contribution in [2.24, 2.45) is 0 Å². The number of aromatic nitrogens is 1. The van der Waals surface area contributed by atoms with E-state index >= 15 is 0 Å². The summed E-state index contributed by atoms with van der Waals surface area (Å²) in [4.78, 5) is 4.09. The molecular formula is C12H6BrCl2N3. The van der Waals surface area contributed by atoms with Crippen molar-refractivity contribution in [2.75, 3.05) is 5.32 Å². The molecule has 2 rings (SSSR count). The van der Waals surface area contributed by atoms with Crippen molar-refractivity contribution in [1.82, 2.24) is 4.98 Å². The Morgan fingerprint density at radius 1 is 1.28 bits per heavy atom. The SMILES string of the molecule is N#Cc1cc(Cl)nc(Nc2cccc(Cl)c2Br)c1. The molecular weight excluding hydrogens is 337 g/mol. The molecule has 1 aromatic carbocycles. The van der Waals surface area contributed by atoms with E-state index in [0.29, 0.717) is 16.4 Å². The van der Waals surface area contributed by atoms with Crippen molar-refractivity contribution < 1.29 is 0 Å². The number of hydrogen-bond donors (Lipinski definition) is 1. The number of pyridine rings is 1. The van der Waals surface area contributed by atoms with Crippen LogP contribution < -0.4 is 5.32 Å². The van der Waals surface area contributed by atoms with Crippen LogP contribution in [0.15, 0.2) is 34.8 Å². The zero-order valence-electron chi connectivity index (χ0n) is 8.92. The lowest BCUT2D eigenvalue weighted by Gasteiger charge is -2.09. The van der Waals surface area contributed by atoms with Gasteiger partial charge in [0, 0.05) is 0 Å². The van der Waals surface area contributed by atoms with Crippen LogP contribution in [0.3, 0.4) is 0 Å². The van der Waals surface area contributed by atoms with Crippen LogP contribution in [-0.2, 0) is 0 Å². The molecule has 0 saturated carbocycles. The average Bonchev–Trinajstić information content (AvgIpc) is 2.34. The van der Waals surface area contributed by atoms with Crippen LogP contribution in [0.25, 0.3) is 0 Å². The van der Waals surface area contributed by atoms with E-state index in [-0.39, 0.29) is 5.15 Å². The summed E-state index contributed by atoms with van der Waals surface area (Å²) in [6.07, 6.45) is 0. The second kappa shape index (κ2) is 5.57. The molecule has 3 nitrogen and oxygen atoms in total.